The number of esters is 1. The van der Waals surface area contributed by atoms with Crippen LogP contribution in [0, 0.1) is 5.41 Å². The molecule has 2 rings (SSSR count). The van der Waals surface area contributed by atoms with Gasteiger partial charge in [-0.15, -0.1) is 0 Å². The van der Waals surface area contributed by atoms with Gasteiger partial charge in [0.05, 0.1) is 18.3 Å². The summed E-state index contributed by atoms with van der Waals surface area (Å²) in [7, 11) is 1.23. The van der Waals surface area contributed by atoms with Gasteiger partial charge >= 0.3 is 12.0 Å². The Morgan fingerprint density at radius 2 is 2.00 bits per heavy atom. The molecule has 1 aliphatic heterocycles. The lowest BCUT2D eigenvalue weighted by atomic mass is 9.69. The maximum atomic E-state index is 12.7. The molecule has 0 radical (unpaired) electrons. The summed E-state index contributed by atoms with van der Waals surface area (Å²) in [6.07, 6.45) is 0.987. The van der Waals surface area contributed by atoms with Crippen molar-refractivity contribution in [1.29, 1.82) is 0 Å². The molecule has 140 valence electrons. The van der Waals surface area contributed by atoms with Crippen LogP contribution in [0.1, 0.15) is 19.8 Å². The van der Waals surface area contributed by atoms with Gasteiger partial charge in [0.25, 0.3) is 0 Å². The monoisotopic (exact) mass is 360 g/mol. The van der Waals surface area contributed by atoms with Crippen LogP contribution < -0.4 is 16.4 Å². The lowest BCUT2D eigenvalue weighted by molar-refractivity contribution is -0.178. The molecule has 8 nitrogen and oxygen atoms in total. The summed E-state index contributed by atoms with van der Waals surface area (Å²) in [6.45, 7) is 5.72. The van der Waals surface area contributed by atoms with E-state index in [4.69, 9.17) is 10.5 Å². The fraction of sp³-hybridized carbons (Fsp3) is 0.389. The summed E-state index contributed by atoms with van der Waals surface area (Å²) in [5.41, 5.74) is 4.97. The number of likely N-dealkylation sites (tertiary alicyclic amines) is 1. The third-order valence-corrected chi connectivity index (χ3v) is 4.46. The first-order chi connectivity index (χ1) is 12.3. The van der Waals surface area contributed by atoms with Crippen LogP contribution in [0.15, 0.2) is 42.7 Å². The van der Waals surface area contributed by atoms with Crippen molar-refractivity contribution in [2.45, 2.75) is 25.8 Å². The molecule has 2 atom stereocenters. The molecule has 1 aromatic carbocycles. The van der Waals surface area contributed by atoms with E-state index >= 15 is 0 Å². The molecule has 0 bridgehead atoms. The van der Waals surface area contributed by atoms with Gasteiger partial charge in [0, 0.05) is 12.2 Å². The number of nitrogens with two attached hydrogens (primary N) is 1. The maximum Gasteiger partial charge on any atom is 0.330 e. The van der Waals surface area contributed by atoms with Crippen molar-refractivity contribution in [3.05, 3.63) is 42.7 Å². The minimum absolute atomic E-state index is 0.337. The van der Waals surface area contributed by atoms with E-state index in [9.17, 15) is 14.4 Å². The van der Waals surface area contributed by atoms with Crippen LogP contribution in [0.25, 0.3) is 0 Å². The van der Waals surface area contributed by atoms with E-state index in [-0.39, 0.29) is 0 Å². The maximum absolute atomic E-state index is 12.7. The molecular formula is C18H24N4O4. The number of urea groups is 1. The van der Waals surface area contributed by atoms with Gasteiger partial charge in [0.2, 0.25) is 5.91 Å². The van der Waals surface area contributed by atoms with Crippen molar-refractivity contribution >= 4 is 23.6 Å². The quantitative estimate of drug-likeness (QED) is 0.385. The molecule has 1 saturated heterocycles. The second-order valence-electron chi connectivity index (χ2n) is 6.37. The highest BCUT2D eigenvalue weighted by Crippen LogP contribution is 2.43. The fourth-order valence-corrected chi connectivity index (χ4v) is 3.07. The van der Waals surface area contributed by atoms with Crippen molar-refractivity contribution in [3.63, 3.8) is 0 Å². The van der Waals surface area contributed by atoms with E-state index in [0.29, 0.717) is 30.9 Å². The molecule has 1 unspecified atom stereocenters. The van der Waals surface area contributed by atoms with Gasteiger partial charge in [0.1, 0.15) is 0 Å². The van der Waals surface area contributed by atoms with Crippen molar-refractivity contribution in [2.24, 2.45) is 11.1 Å². The topological polar surface area (TPSA) is 114 Å². The van der Waals surface area contributed by atoms with Crippen LogP contribution in [-0.2, 0) is 14.3 Å². The highest BCUT2D eigenvalue weighted by atomic mass is 16.5. The third-order valence-electron chi connectivity index (χ3n) is 4.46. The average molecular weight is 360 g/mol. The van der Waals surface area contributed by atoms with Crippen LogP contribution in [0.2, 0.25) is 0 Å². The van der Waals surface area contributed by atoms with Crippen molar-refractivity contribution in [3.8, 4) is 0 Å². The molecule has 1 heterocycles. The van der Waals surface area contributed by atoms with Gasteiger partial charge in [0.15, 0.2) is 6.04 Å². The minimum atomic E-state index is -1.00. The van der Waals surface area contributed by atoms with Gasteiger partial charge in [-0.05, 0) is 31.9 Å². The standard InChI is InChI=1S/C18H24N4O4/c1-12(19)20-11-7-10-18(2)14(15(23)26-3)22(16(18)24)17(25)21-13-8-5-4-6-9-13/h4-6,8-9,14,20H,1,7,10-11,19H2,2-3H3,(H,21,25)/t14?,18-/m0/s1. The summed E-state index contributed by atoms with van der Waals surface area (Å²) < 4.78 is 4.81. The van der Waals surface area contributed by atoms with E-state index in [1.54, 1.807) is 31.2 Å². The molecule has 0 aromatic heterocycles. The number of β-lactam (4-membered cyclic amide) rings is 1. The Morgan fingerprint density at radius 3 is 2.58 bits per heavy atom. The lowest BCUT2D eigenvalue weighted by Gasteiger charge is -2.51. The number of amides is 3. The van der Waals surface area contributed by atoms with Crippen molar-refractivity contribution in [2.75, 3.05) is 19.0 Å². The van der Waals surface area contributed by atoms with Crippen LogP contribution in [0.5, 0.6) is 0 Å². The average Bonchev–Trinajstić information content (AvgIpc) is 2.62. The number of carbonyl (C=O) groups is 3. The number of nitrogens with one attached hydrogen (secondary N) is 2. The summed E-state index contributed by atoms with van der Waals surface area (Å²) in [6, 6.07) is 7.09. The van der Waals surface area contributed by atoms with Gasteiger partial charge in [-0.25, -0.2) is 14.5 Å². The summed E-state index contributed by atoms with van der Waals surface area (Å²) >= 11 is 0. The van der Waals surface area contributed by atoms with Crippen molar-refractivity contribution < 1.29 is 19.1 Å². The summed E-state index contributed by atoms with van der Waals surface area (Å²) in [4.78, 5) is 38.3. The molecule has 1 fully saturated rings. The van der Waals surface area contributed by atoms with Crippen LogP contribution >= 0.6 is 0 Å². The van der Waals surface area contributed by atoms with Crippen molar-refractivity contribution in [1.82, 2.24) is 10.2 Å². The zero-order valence-corrected chi connectivity index (χ0v) is 15.0. The molecule has 0 spiro atoms. The summed E-state index contributed by atoms with van der Waals surface area (Å²) in [5, 5.41) is 5.49. The van der Waals surface area contributed by atoms with E-state index in [2.05, 4.69) is 17.2 Å². The lowest BCUT2D eigenvalue weighted by Crippen LogP contribution is -2.73. The number of hydrogen-bond acceptors (Lipinski definition) is 6. The number of rotatable bonds is 7. The Labute approximate surface area is 152 Å². The van der Waals surface area contributed by atoms with E-state index < -0.39 is 29.4 Å². The van der Waals surface area contributed by atoms with Gasteiger partial charge in [-0.3, -0.25) is 4.79 Å². The molecule has 0 aliphatic carbocycles. The Balaban J connectivity index is 2.09. The van der Waals surface area contributed by atoms with Gasteiger partial charge < -0.3 is 21.1 Å². The zero-order valence-electron chi connectivity index (χ0n) is 15.0. The molecule has 1 aliphatic rings. The highest BCUT2D eigenvalue weighted by Gasteiger charge is 2.63. The second kappa shape index (κ2) is 7.90. The molecule has 4 N–H and O–H groups in total. The Kier molecular flexibility index (Phi) is 5.86. The van der Waals surface area contributed by atoms with Gasteiger partial charge in [-0.2, -0.15) is 0 Å². The minimum Gasteiger partial charge on any atom is -0.467 e. The molecule has 26 heavy (non-hydrogen) atoms. The number of benzene rings is 1. The number of methoxy groups -OCH3 is 1. The van der Waals surface area contributed by atoms with Gasteiger partial charge in [-0.1, -0.05) is 24.8 Å². The predicted octanol–water partition coefficient (Wildman–Crippen LogP) is 1.41. The Morgan fingerprint density at radius 1 is 1.35 bits per heavy atom. The molecular weight excluding hydrogens is 336 g/mol. The Bertz CT molecular complexity index is 706. The largest absolute Gasteiger partial charge is 0.467 e. The number of hydrogen-bond donors (Lipinski definition) is 3. The number of ether oxygens (including phenoxy) is 1. The SMILES string of the molecule is C=C(N)NCCC[C@]1(C)C(=O)N(C(=O)Nc2ccccc2)C1C(=O)OC. The van der Waals surface area contributed by atoms with E-state index in [1.165, 1.54) is 7.11 Å². The third kappa shape index (κ3) is 3.79. The number of anilines is 1. The molecule has 8 heteroatoms. The molecule has 3 amide bonds. The fourth-order valence-electron chi connectivity index (χ4n) is 3.07. The predicted molar refractivity (Wildman–Crippen MR) is 96.8 cm³/mol. The van der Waals surface area contributed by atoms with Crippen LogP contribution in [-0.4, -0.2) is 42.5 Å². The summed E-state index contributed by atoms with van der Waals surface area (Å²) in [5.74, 6) is -0.692. The molecule has 1 aromatic rings. The smallest absolute Gasteiger partial charge is 0.330 e. The Hall–Kier alpha value is -3.03. The van der Waals surface area contributed by atoms with Crippen LogP contribution in [0.3, 0.4) is 0 Å². The second-order valence-corrected chi connectivity index (χ2v) is 6.37. The number of imide groups is 1. The van der Waals surface area contributed by atoms with E-state index in [1.807, 2.05) is 6.07 Å². The van der Waals surface area contributed by atoms with Crippen LogP contribution in [0.4, 0.5) is 10.5 Å². The number of para-hydroxylation sites is 1. The number of nitrogens with zero attached hydrogens (tertiary/aromatic N) is 1. The van der Waals surface area contributed by atoms with E-state index in [0.717, 1.165) is 4.90 Å². The zero-order chi connectivity index (χ0) is 19.3. The normalized spacial score (nSPS) is 21.5. The number of carbonyl (C=O) groups excluding carboxylic acids is 3. The highest BCUT2D eigenvalue weighted by molar-refractivity contribution is 6.13. The first-order valence-corrected chi connectivity index (χ1v) is 8.27. The first kappa shape index (κ1) is 19.3. The molecule has 0 saturated carbocycles. The first-order valence-electron chi connectivity index (χ1n) is 8.27.